The van der Waals surface area contributed by atoms with Crippen LogP contribution in [0.2, 0.25) is 0 Å². The highest BCUT2D eigenvalue weighted by molar-refractivity contribution is 6.48. The highest BCUT2D eigenvalue weighted by Gasteiger charge is 2.47. The minimum absolute atomic E-state index is 1.17. The van der Waals surface area contributed by atoms with E-state index in [1.165, 1.54) is 28.4 Å². The Morgan fingerprint density at radius 1 is 0.938 bits per heavy atom. The van der Waals surface area contributed by atoms with Crippen LogP contribution in [0, 0.1) is 0 Å². The van der Waals surface area contributed by atoms with E-state index in [9.17, 15) is 0 Å². The number of rotatable bonds is 8. The van der Waals surface area contributed by atoms with Gasteiger partial charge >= 0.3 is 15.0 Å². The van der Waals surface area contributed by atoms with E-state index < -0.39 is 21.3 Å². The van der Waals surface area contributed by atoms with Crippen molar-refractivity contribution in [3.8, 4) is 0 Å². The summed E-state index contributed by atoms with van der Waals surface area (Å²) in [7, 11) is 0.0228. The summed E-state index contributed by atoms with van der Waals surface area (Å²) in [6.45, 7) is 0. The second-order valence-electron chi connectivity index (χ2n) is 2.56. The van der Waals surface area contributed by atoms with E-state index in [0.717, 1.165) is 0 Å². The molecule has 16 heavy (non-hydrogen) atoms. The normalized spacial score (nSPS) is 13.5. The van der Waals surface area contributed by atoms with Crippen molar-refractivity contribution in [2.75, 3.05) is 28.4 Å². The predicted molar refractivity (Wildman–Crippen MR) is 49.1 cm³/mol. The monoisotopic (exact) mass is 260 g/mol. The molecule has 0 fully saturated rings. The minimum Gasteiger partial charge on any atom is -0.366 e. The molecule has 9 nitrogen and oxygen atoms in total. The molecule has 0 bridgehead atoms. The van der Waals surface area contributed by atoms with Gasteiger partial charge in [0.1, 0.15) is 0 Å². The molecule has 3 N–H and O–H groups in total. The summed E-state index contributed by atoms with van der Waals surface area (Å²) in [5.74, 6) is -2.00. The van der Waals surface area contributed by atoms with Crippen molar-refractivity contribution in [1.29, 1.82) is 0 Å². The Kier molecular flexibility index (Phi) is 6.50. The maximum atomic E-state index is 8.61. The van der Waals surface area contributed by atoms with Crippen molar-refractivity contribution in [3.05, 3.63) is 0 Å². The van der Waals surface area contributed by atoms with Crippen molar-refractivity contribution >= 4 is 9.05 Å². The first-order valence-electron chi connectivity index (χ1n) is 4.05. The van der Waals surface area contributed by atoms with E-state index in [-0.39, 0.29) is 0 Å². The first kappa shape index (κ1) is 15.9. The Bertz CT molecular complexity index is 185. The molecule has 98 valence electrons. The smallest absolute Gasteiger partial charge is 0.366 e. The van der Waals surface area contributed by atoms with Crippen LogP contribution in [-0.4, -0.2) is 64.1 Å². The van der Waals surface area contributed by atoms with Gasteiger partial charge in [-0.1, -0.05) is 0 Å². The summed E-state index contributed by atoms with van der Waals surface area (Å²) < 4.78 is 23.2. The Morgan fingerprint density at radius 3 is 1.62 bits per heavy atom. The maximum Gasteiger partial charge on any atom is 0.699 e. The van der Waals surface area contributed by atoms with Crippen LogP contribution in [0.3, 0.4) is 0 Å². The van der Waals surface area contributed by atoms with Crippen molar-refractivity contribution in [2.45, 2.75) is 12.3 Å². The van der Waals surface area contributed by atoms with Crippen LogP contribution in [-0.2, 0) is 28.4 Å². The third-order valence-electron chi connectivity index (χ3n) is 1.56. The second kappa shape index (κ2) is 6.56. The zero-order valence-corrected chi connectivity index (χ0v) is 10.4. The van der Waals surface area contributed by atoms with Gasteiger partial charge in [-0.15, -0.1) is 0 Å². The molecule has 10 heteroatoms. The van der Waals surface area contributed by atoms with Gasteiger partial charge in [-0.05, 0) is 0 Å². The molecule has 0 aliphatic heterocycles. The standard InChI is InChI=1S/C6H16O9Si/c1-10-5(11-2)6(12-3,13-4)14-15-16(7,8)9/h5,7-9H,1-4H3. The Morgan fingerprint density at radius 2 is 1.38 bits per heavy atom. The largest absolute Gasteiger partial charge is 0.699 e. The Hall–Kier alpha value is -0.143. The molecule has 0 heterocycles. The summed E-state index contributed by atoms with van der Waals surface area (Å²) >= 11 is 0. The molecule has 0 rings (SSSR count). The lowest BCUT2D eigenvalue weighted by Gasteiger charge is -2.33. The van der Waals surface area contributed by atoms with Crippen molar-refractivity contribution in [1.82, 2.24) is 0 Å². The summed E-state index contributed by atoms with van der Waals surface area (Å²) in [4.78, 5) is 30.3. The molecular weight excluding hydrogens is 244 g/mol. The first-order chi connectivity index (χ1) is 7.35. The number of hydrogen-bond donors (Lipinski definition) is 3. The summed E-state index contributed by atoms with van der Waals surface area (Å²) in [6, 6.07) is 0. The second-order valence-corrected chi connectivity index (χ2v) is 3.87. The zero-order valence-electron chi connectivity index (χ0n) is 9.37. The molecule has 0 aliphatic carbocycles. The van der Waals surface area contributed by atoms with Crippen LogP contribution < -0.4 is 0 Å². The third kappa shape index (κ3) is 4.38. The maximum absolute atomic E-state index is 8.61. The van der Waals surface area contributed by atoms with Crippen molar-refractivity contribution in [3.63, 3.8) is 0 Å². The van der Waals surface area contributed by atoms with E-state index in [1.807, 2.05) is 0 Å². The molecule has 0 radical (unpaired) electrons. The molecule has 0 aromatic carbocycles. The molecule has 0 spiro atoms. The van der Waals surface area contributed by atoms with Gasteiger partial charge in [0.2, 0.25) is 6.29 Å². The van der Waals surface area contributed by atoms with E-state index in [4.69, 9.17) is 33.3 Å². The lowest BCUT2D eigenvalue weighted by molar-refractivity contribution is -0.523. The fourth-order valence-corrected chi connectivity index (χ4v) is 1.11. The number of ether oxygens (including phenoxy) is 4. The predicted octanol–water partition coefficient (Wildman–Crippen LogP) is -2.09. The van der Waals surface area contributed by atoms with Gasteiger partial charge in [0.05, 0.1) is 0 Å². The molecule has 0 saturated carbocycles. The summed E-state index contributed by atoms with van der Waals surface area (Å²) in [6.07, 6.45) is -1.18. The first-order valence-corrected chi connectivity index (χ1v) is 5.80. The average Bonchev–Trinajstić information content (AvgIpc) is 2.23. The van der Waals surface area contributed by atoms with Crippen LogP contribution in [0.4, 0.5) is 0 Å². The zero-order chi connectivity index (χ0) is 12.8. The van der Waals surface area contributed by atoms with Crippen LogP contribution in [0.5, 0.6) is 0 Å². The molecule has 0 unspecified atom stereocenters. The van der Waals surface area contributed by atoms with E-state index >= 15 is 0 Å². The van der Waals surface area contributed by atoms with E-state index in [1.54, 1.807) is 0 Å². The number of methoxy groups -OCH3 is 4. The van der Waals surface area contributed by atoms with Crippen molar-refractivity contribution in [2.24, 2.45) is 0 Å². The van der Waals surface area contributed by atoms with Crippen LogP contribution >= 0.6 is 0 Å². The quantitative estimate of drug-likeness (QED) is 0.195. The van der Waals surface area contributed by atoms with Gasteiger partial charge in [0.25, 0.3) is 0 Å². The lowest BCUT2D eigenvalue weighted by atomic mass is 10.5. The highest BCUT2D eigenvalue weighted by atomic mass is 28.4. The third-order valence-corrected chi connectivity index (χ3v) is 1.86. The molecule has 0 aromatic rings. The summed E-state index contributed by atoms with van der Waals surface area (Å²) in [5, 5.41) is 0. The molecule has 0 saturated heterocycles. The van der Waals surface area contributed by atoms with Gasteiger partial charge in [-0.25, -0.2) is 0 Å². The van der Waals surface area contributed by atoms with Gasteiger partial charge in [-0.3, -0.25) is 0 Å². The minimum atomic E-state index is -4.86. The van der Waals surface area contributed by atoms with Gasteiger partial charge in [0, 0.05) is 28.4 Å². The summed E-state index contributed by atoms with van der Waals surface area (Å²) in [5.41, 5.74) is 0. The van der Waals surface area contributed by atoms with Crippen molar-refractivity contribution < 1.29 is 42.8 Å². The van der Waals surface area contributed by atoms with Gasteiger partial charge < -0.3 is 33.3 Å². The molecular formula is C6H16O9Si. The van der Waals surface area contributed by atoms with E-state index in [2.05, 4.69) is 9.46 Å². The lowest BCUT2D eigenvalue weighted by Crippen LogP contribution is -2.53. The fraction of sp³-hybridized carbons (Fsp3) is 1.00. The Balaban J connectivity index is 4.67. The van der Waals surface area contributed by atoms with Crippen LogP contribution in [0.25, 0.3) is 0 Å². The van der Waals surface area contributed by atoms with Crippen LogP contribution in [0.15, 0.2) is 0 Å². The number of hydrogen-bond acceptors (Lipinski definition) is 9. The SMILES string of the molecule is COC(OC)C(OC)(OC)OO[Si](O)(O)O. The average molecular weight is 260 g/mol. The Labute approximate surface area is 93.4 Å². The fourth-order valence-electron chi connectivity index (χ4n) is 0.882. The molecule has 0 aromatic heterocycles. The van der Waals surface area contributed by atoms with Crippen LogP contribution in [0.1, 0.15) is 0 Å². The molecule has 0 atom stereocenters. The van der Waals surface area contributed by atoms with Gasteiger partial charge in [-0.2, -0.15) is 9.46 Å². The topological polar surface area (TPSA) is 116 Å². The molecule has 0 aliphatic rings. The highest BCUT2D eigenvalue weighted by Crippen LogP contribution is 2.22. The van der Waals surface area contributed by atoms with E-state index in [0.29, 0.717) is 0 Å². The molecule has 0 amide bonds. The van der Waals surface area contributed by atoms with Gasteiger partial charge in [0.15, 0.2) is 0 Å².